The van der Waals surface area contributed by atoms with E-state index in [1.807, 2.05) is 0 Å². The van der Waals surface area contributed by atoms with Gasteiger partial charge in [0.2, 0.25) is 0 Å². The van der Waals surface area contributed by atoms with Gasteiger partial charge in [0.15, 0.2) is 0 Å². The lowest BCUT2D eigenvalue weighted by molar-refractivity contribution is 0.214. The zero-order chi connectivity index (χ0) is 5.15. The van der Waals surface area contributed by atoms with Gasteiger partial charge in [0.1, 0.15) is 0 Å². The fraction of sp³-hybridized carbons (Fsp3) is 1.00. The molecule has 38 valence electrons. The molecule has 0 radical (unpaired) electrons. The lowest BCUT2D eigenvalue weighted by Gasteiger charge is -2.02. The Morgan fingerprint density at radius 2 is 1.67 bits per heavy atom. The quantitative estimate of drug-likeness (QED) is 0.344. The highest BCUT2D eigenvalue weighted by Gasteiger charge is 1.99. The van der Waals surface area contributed by atoms with E-state index < -0.39 is 6.10 Å². The fourth-order valence-corrected chi connectivity index (χ4v) is 0. The largest absolute Gasteiger partial charge is 0.391 e. The molecule has 0 rings (SSSR count). The number of rotatable bonds is 1. The maximum atomic E-state index is 8.48. The Bertz CT molecular complexity index is 29.8. The molecule has 0 saturated heterocycles. The van der Waals surface area contributed by atoms with Gasteiger partial charge in [0.05, 0.1) is 10.7 Å². The van der Waals surface area contributed by atoms with Gasteiger partial charge >= 0.3 is 0 Å². The molecule has 0 heterocycles. The third-order valence-corrected chi connectivity index (χ3v) is 1.29. The summed E-state index contributed by atoms with van der Waals surface area (Å²) >= 11 is 7.61. The average Bonchev–Trinajstić information content (AvgIpc) is 1.36. The normalized spacial score (nSPS) is 15.5. The highest BCUT2D eigenvalue weighted by atomic mass is 32.2. The van der Waals surface area contributed by atoms with Crippen LogP contribution in [0.5, 0.6) is 0 Å². The van der Waals surface area contributed by atoms with E-state index in [9.17, 15) is 0 Å². The number of aliphatic hydroxyl groups is 1. The Balaban J connectivity index is 2.99. The summed E-state index contributed by atoms with van der Waals surface area (Å²) in [4.78, 5) is 0. The summed E-state index contributed by atoms with van der Waals surface area (Å²) in [5.74, 6) is 0. The van der Waals surface area contributed by atoms with E-state index in [-0.39, 0.29) is 4.58 Å². The molecular weight excluding hydrogens is 116 g/mol. The summed E-state index contributed by atoms with van der Waals surface area (Å²) in [6.07, 6.45) is -0.420. The minimum atomic E-state index is -0.420. The van der Waals surface area contributed by atoms with Crippen LogP contribution in [0.15, 0.2) is 0 Å². The lowest BCUT2D eigenvalue weighted by atomic mass is 10.5. The van der Waals surface area contributed by atoms with Gasteiger partial charge in [-0.05, 0) is 6.92 Å². The maximum Gasteiger partial charge on any atom is 0.0717 e. The van der Waals surface area contributed by atoms with Gasteiger partial charge in [0.25, 0.3) is 0 Å². The van der Waals surface area contributed by atoms with Crippen molar-refractivity contribution in [3.8, 4) is 0 Å². The molecule has 0 spiro atoms. The minimum absolute atomic E-state index is 0.204. The number of aliphatic hydroxyl groups excluding tert-OH is 1. The summed E-state index contributed by atoms with van der Waals surface area (Å²) in [5, 5.41) is 8.48. The second-order valence-electron chi connectivity index (χ2n) is 1.15. The van der Waals surface area contributed by atoms with E-state index in [0.29, 0.717) is 0 Å². The Kier molecular flexibility index (Phi) is 3.08. The van der Waals surface area contributed by atoms with Crippen LogP contribution in [0, 0.1) is 0 Å². The van der Waals surface area contributed by atoms with E-state index in [1.165, 1.54) is 0 Å². The van der Waals surface area contributed by atoms with Crippen molar-refractivity contribution in [1.82, 2.24) is 0 Å². The molecule has 0 saturated carbocycles. The Labute approximate surface area is 48.6 Å². The zero-order valence-electron chi connectivity index (χ0n) is 3.50. The van der Waals surface area contributed by atoms with Crippen molar-refractivity contribution < 1.29 is 5.11 Å². The fourth-order valence-electron chi connectivity index (χ4n) is 0. The Morgan fingerprint density at radius 1 is 1.50 bits per heavy atom. The van der Waals surface area contributed by atoms with Gasteiger partial charge < -0.3 is 5.11 Å². The monoisotopic (exact) mass is 124 g/mol. The van der Waals surface area contributed by atoms with E-state index in [0.717, 1.165) is 0 Å². The molecule has 0 aromatic heterocycles. The molecule has 0 aliphatic carbocycles. The van der Waals surface area contributed by atoms with Crippen molar-refractivity contribution in [1.29, 1.82) is 0 Å². The molecule has 0 amide bonds. The van der Waals surface area contributed by atoms with Crippen molar-refractivity contribution >= 4 is 25.3 Å². The first-order chi connectivity index (χ1) is 2.64. The van der Waals surface area contributed by atoms with Crippen LogP contribution in [0.4, 0.5) is 0 Å². The van der Waals surface area contributed by atoms with Crippen LogP contribution in [-0.2, 0) is 0 Å². The molecule has 3 heteroatoms. The molecule has 0 aromatic rings. The van der Waals surface area contributed by atoms with Crippen molar-refractivity contribution in [3.63, 3.8) is 0 Å². The zero-order valence-corrected chi connectivity index (χ0v) is 5.29. The second kappa shape index (κ2) is 2.77. The summed E-state index contributed by atoms with van der Waals surface area (Å²) < 4.78 is -0.204. The van der Waals surface area contributed by atoms with Crippen LogP contribution in [0.3, 0.4) is 0 Å². The lowest BCUT2D eigenvalue weighted by Crippen LogP contribution is -2.08. The third kappa shape index (κ3) is 2.87. The van der Waals surface area contributed by atoms with E-state index >= 15 is 0 Å². The molecule has 1 N–H and O–H groups in total. The topological polar surface area (TPSA) is 20.2 Å². The van der Waals surface area contributed by atoms with Gasteiger partial charge in [-0.1, -0.05) is 0 Å². The molecule has 1 atom stereocenters. The van der Waals surface area contributed by atoms with E-state index in [1.54, 1.807) is 6.92 Å². The van der Waals surface area contributed by atoms with Gasteiger partial charge in [0, 0.05) is 0 Å². The van der Waals surface area contributed by atoms with Crippen LogP contribution in [-0.4, -0.2) is 15.8 Å². The van der Waals surface area contributed by atoms with E-state index in [4.69, 9.17) is 5.11 Å². The summed E-state index contributed by atoms with van der Waals surface area (Å²) in [6, 6.07) is 0. The van der Waals surface area contributed by atoms with Crippen LogP contribution in [0.1, 0.15) is 6.92 Å². The molecule has 0 aliphatic rings. The first-order valence-corrected chi connectivity index (χ1v) is 2.72. The highest BCUT2D eigenvalue weighted by Crippen LogP contribution is 2.03. The SMILES string of the molecule is CC(O)C(S)S. The predicted octanol–water partition coefficient (Wildman–Crippen LogP) is 0.553. The molecule has 1 unspecified atom stereocenters. The molecule has 6 heavy (non-hydrogen) atoms. The second-order valence-corrected chi connectivity index (χ2v) is 2.67. The van der Waals surface area contributed by atoms with Crippen molar-refractivity contribution in [2.75, 3.05) is 0 Å². The minimum Gasteiger partial charge on any atom is -0.391 e. The first-order valence-electron chi connectivity index (χ1n) is 1.69. The molecular formula is C3H8OS2. The molecule has 0 fully saturated rings. The Morgan fingerprint density at radius 3 is 1.67 bits per heavy atom. The highest BCUT2D eigenvalue weighted by molar-refractivity contribution is 7.99. The van der Waals surface area contributed by atoms with Crippen LogP contribution < -0.4 is 0 Å². The van der Waals surface area contributed by atoms with Crippen molar-refractivity contribution in [2.45, 2.75) is 17.6 Å². The number of hydrogen-bond donors (Lipinski definition) is 3. The average molecular weight is 124 g/mol. The van der Waals surface area contributed by atoms with Gasteiger partial charge in [-0.25, -0.2) is 0 Å². The molecule has 1 nitrogen and oxygen atoms in total. The smallest absolute Gasteiger partial charge is 0.0717 e. The van der Waals surface area contributed by atoms with Crippen LogP contribution in [0.2, 0.25) is 0 Å². The predicted molar refractivity (Wildman–Crippen MR) is 33.4 cm³/mol. The van der Waals surface area contributed by atoms with Gasteiger partial charge in [-0.2, -0.15) is 25.3 Å². The van der Waals surface area contributed by atoms with Gasteiger partial charge in [-0.15, -0.1) is 0 Å². The van der Waals surface area contributed by atoms with Crippen molar-refractivity contribution in [3.05, 3.63) is 0 Å². The summed E-state index contributed by atoms with van der Waals surface area (Å²) in [5.41, 5.74) is 0. The van der Waals surface area contributed by atoms with Crippen molar-refractivity contribution in [2.24, 2.45) is 0 Å². The standard InChI is InChI=1S/C3H8OS2/c1-2(4)3(5)6/h2-6H,1H3. The third-order valence-electron chi connectivity index (χ3n) is 0.431. The number of thiol groups is 2. The Hall–Kier alpha value is 0.660. The molecule has 0 aliphatic heterocycles. The number of hydrogen-bond acceptors (Lipinski definition) is 3. The van der Waals surface area contributed by atoms with Gasteiger partial charge in [-0.3, -0.25) is 0 Å². The maximum absolute atomic E-state index is 8.48. The molecule has 0 bridgehead atoms. The van der Waals surface area contributed by atoms with Crippen LogP contribution in [0.25, 0.3) is 0 Å². The summed E-state index contributed by atoms with van der Waals surface area (Å²) in [6.45, 7) is 1.64. The summed E-state index contributed by atoms with van der Waals surface area (Å²) in [7, 11) is 0. The first kappa shape index (κ1) is 6.66. The van der Waals surface area contributed by atoms with Crippen LogP contribution >= 0.6 is 25.3 Å². The molecule has 0 aromatic carbocycles. The van der Waals surface area contributed by atoms with E-state index in [2.05, 4.69) is 25.3 Å².